The molecule has 0 bridgehead atoms. The van der Waals surface area contributed by atoms with Crippen LogP contribution in [0.15, 0.2) is 0 Å². The summed E-state index contributed by atoms with van der Waals surface area (Å²) in [6.07, 6.45) is 9.62. The summed E-state index contributed by atoms with van der Waals surface area (Å²) in [6, 6.07) is 0. The fraction of sp³-hybridized carbons (Fsp3) is 1.00. The van der Waals surface area contributed by atoms with Crippen molar-refractivity contribution < 1.29 is 0 Å². The Morgan fingerprint density at radius 1 is 1.10 bits per heavy atom. The monoisotopic (exact) mass is 161 g/mol. The predicted octanol–water partition coefficient (Wildman–Crippen LogP) is 2.26. The molecule has 1 aliphatic carbocycles. The van der Waals surface area contributed by atoms with Gasteiger partial charge in [0.05, 0.1) is 0 Å². The maximum atomic E-state index is 4.50. The lowest BCUT2D eigenvalue weighted by atomic mass is 10.0. The van der Waals surface area contributed by atoms with Crippen molar-refractivity contribution in [3.05, 3.63) is 0 Å². The minimum Gasteiger partial charge on any atom is -0.333 e. The quantitative estimate of drug-likeness (QED) is 0.638. The summed E-state index contributed by atoms with van der Waals surface area (Å²) < 4.78 is 0. The number of hydrogen-bond donors (Lipinski definition) is 1. The standard InChI is InChI=1S/C7H14S.CH5N/c1-8-7-5-3-2-4-6-7;1-2/h7H,2-6H2,1H3;2H2,1H3. The van der Waals surface area contributed by atoms with Crippen LogP contribution in [0.5, 0.6) is 0 Å². The van der Waals surface area contributed by atoms with Crippen LogP contribution < -0.4 is 5.73 Å². The largest absolute Gasteiger partial charge is 0.333 e. The number of nitrogens with two attached hydrogens (primary N) is 1. The maximum absolute atomic E-state index is 4.50. The van der Waals surface area contributed by atoms with E-state index in [4.69, 9.17) is 0 Å². The third kappa shape index (κ3) is 4.18. The van der Waals surface area contributed by atoms with Gasteiger partial charge in [-0.05, 0) is 26.1 Å². The second kappa shape index (κ2) is 7.42. The average molecular weight is 161 g/mol. The molecule has 2 heteroatoms. The summed E-state index contributed by atoms with van der Waals surface area (Å²) in [7, 11) is 1.50. The van der Waals surface area contributed by atoms with Crippen LogP contribution >= 0.6 is 11.8 Å². The van der Waals surface area contributed by atoms with Gasteiger partial charge in [0, 0.05) is 5.25 Å². The molecule has 0 radical (unpaired) electrons. The van der Waals surface area contributed by atoms with Gasteiger partial charge in [-0.15, -0.1) is 0 Å². The third-order valence-electron chi connectivity index (χ3n) is 1.89. The number of rotatable bonds is 1. The molecule has 0 spiro atoms. The van der Waals surface area contributed by atoms with E-state index in [0.717, 1.165) is 5.25 Å². The van der Waals surface area contributed by atoms with E-state index in [9.17, 15) is 0 Å². The molecule has 0 amide bonds. The van der Waals surface area contributed by atoms with Crippen LogP contribution in [0.1, 0.15) is 32.1 Å². The lowest BCUT2D eigenvalue weighted by Crippen LogP contribution is -2.06. The Morgan fingerprint density at radius 3 is 1.90 bits per heavy atom. The first-order valence-electron chi connectivity index (χ1n) is 4.04. The van der Waals surface area contributed by atoms with Crippen LogP contribution in [0.3, 0.4) is 0 Å². The summed E-state index contributed by atoms with van der Waals surface area (Å²) in [5.74, 6) is 0. The molecule has 0 atom stereocenters. The van der Waals surface area contributed by atoms with Gasteiger partial charge in [-0.1, -0.05) is 19.3 Å². The molecule has 10 heavy (non-hydrogen) atoms. The van der Waals surface area contributed by atoms with E-state index in [0.29, 0.717) is 0 Å². The Labute approximate surface area is 68.8 Å². The van der Waals surface area contributed by atoms with Crippen LogP contribution in [0.4, 0.5) is 0 Å². The molecule has 1 rings (SSSR count). The van der Waals surface area contributed by atoms with E-state index in [1.165, 1.54) is 39.2 Å². The van der Waals surface area contributed by atoms with Gasteiger partial charge >= 0.3 is 0 Å². The summed E-state index contributed by atoms with van der Waals surface area (Å²) in [5.41, 5.74) is 4.50. The van der Waals surface area contributed by atoms with Gasteiger partial charge in [0.25, 0.3) is 0 Å². The Morgan fingerprint density at radius 2 is 1.60 bits per heavy atom. The van der Waals surface area contributed by atoms with Crippen molar-refractivity contribution in [2.75, 3.05) is 13.3 Å². The molecule has 0 aromatic heterocycles. The molecule has 1 saturated carbocycles. The van der Waals surface area contributed by atoms with E-state index in [-0.39, 0.29) is 0 Å². The van der Waals surface area contributed by atoms with Crippen LogP contribution in [0, 0.1) is 0 Å². The smallest absolute Gasteiger partial charge is 0.00442 e. The van der Waals surface area contributed by atoms with Gasteiger partial charge < -0.3 is 5.73 Å². The highest BCUT2D eigenvalue weighted by Crippen LogP contribution is 2.25. The summed E-state index contributed by atoms with van der Waals surface area (Å²) >= 11 is 2.05. The third-order valence-corrected chi connectivity index (χ3v) is 3.02. The van der Waals surface area contributed by atoms with Gasteiger partial charge in [0.15, 0.2) is 0 Å². The Balaban J connectivity index is 0.000000371. The minimum absolute atomic E-state index is 1.00. The highest BCUT2D eigenvalue weighted by Gasteiger charge is 2.10. The molecular formula is C8H19NS. The molecule has 1 aliphatic rings. The molecule has 0 unspecified atom stereocenters. The number of hydrogen-bond acceptors (Lipinski definition) is 2. The van der Waals surface area contributed by atoms with Crippen molar-refractivity contribution in [1.29, 1.82) is 0 Å². The zero-order valence-electron chi connectivity index (χ0n) is 7.10. The first kappa shape index (κ1) is 10.3. The molecule has 62 valence electrons. The Bertz CT molecular complexity index is 60.3. The highest BCUT2D eigenvalue weighted by molar-refractivity contribution is 7.99. The van der Waals surface area contributed by atoms with Gasteiger partial charge in [0.1, 0.15) is 0 Å². The maximum Gasteiger partial charge on any atom is 0.00442 e. The molecule has 0 aliphatic heterocycles. The van der Waals surface area contributed by atoms with E-state index >= 15 is 0 Å². The van der Waals surface area contributed by atoms with Gasteiger partial charge in [-0.25, -0.2) is 0 Å². The normalized spacial score (nSPS) is 19.5. The van der Waals surface area contributed by atoms with E-state index in [2.05, 4.69) is 12.0 Å². The second-order valence-electron chi connectivity index (χ2n) is 2.50. The Kier molecular flexibility index (Phi) is 7.65. The topological polar surface area (TPSA) is 26.0 Å². The summed E-state index contributed by atoms with van der Waals surface area (Å²) in [6.45, 7) is 0. The first-order chi connectivity index (χ1) is 4.93. The summed E-state index contributed by atoms with van der Waals surface area (Å²) in [4.78, 5) is 0. The van der Waals surface area contributed by atoms with Crippen molar-refractivity contribution >= 4 is 11.8 Å². The predicted molar refractivity (Wildman–Crippen MR) is 50.5 cm³/mol. The van der Waals surface area contributed by atoms with Gasteiger partial charge in [-0.3, -0.25) is 0 Å². The van der Waals surface area contributed by atoms with Gasteiger partial charge in [0.2, 0.25) is 0 Å². The zero-order valence-corrected chi connectivity index (χ0v) is 7.91. The molecular weight excluding hydrogens is 142 g/mol. The van der Waals surface area contributed by atoms with Crippen LogP contribution in [-0.2, 0) is 0 Å². The van der Waals surface area contributed by atoms with Crippen molar-refractivity contribution in [1.82, 2.24) is 0 Å². The molecule has 0 heterocycles. The molecule has 1 nitrogen and oxygen atoms in total. The van der Waals surface area contributed by atoms with Crippen molar-refractivity contribution in [3.8, 4) is 0 Å². The lowest BCUT2D eigenvalue weighted by Gasteiger charge is -2.18. The molecule has 0 saturated heterocycles. The van der Waals surface area contributed by atoms with Crippen LogP contribution in [0.2, 0.25) is 0 Å². The minimum atomic E-state index is 1.00. The summed E-state index contributed by atoms with van der Waals surface area (Å²) in [5, 5.41) is 1.00. The first-order valence-corrected chi connectivity index (χ1v) is 5.33. The Hall–Kier alpha value is 0.310. The van der Waals surface area contributed by atoms with Crippen molar-refractivity contribution in [2.45, 2.75) is 37.4 Å². The average Bonchev–Trinajstić information content (AvgIpc) is 2.10. The fourth-order valence-electron chi connectivity index (χ4n) is 1.30. The highest BCUT2D eigenvalue weighted by atomic mass is 32.2. The molecule has 0 aromatic rings. The van der Waals surface area contributed by atoms with Gasteiger partial charge in [-0.2, -0.15) is 11.8 Å². The van der Waals surface area contributed by atoms with Crippen LogP contribution in [0.25, 0.3) is 0 Å². The molecule has 1 fully saturated rings. The molecule has 0 aromatic carbocycles. The second-order valence-corrected chi connectivity index (χ2v) is 3.63. The fourth-order valence-corrected chi connectivity index (χ4v) is 2.11. The van der Waals surface area contributed by atoms with Crippen LogP contribution in [-0.4, -0.2) is 18.6 Å². The number of thioether (sulfide) groups is 1. The van der Waals surface area contributed by atoms with E-state index in [1.54, 1.807) is 0 Å². The van der Waals surface area contributed by atoms with E-state index in [1.807, 2.05) is 11.8 Å². The SMILES string of the molecule is CN.CSC1CCCCC1. The zero-order chi connectivity index (χ0) is 7.82. The molecule has 2 N–H and O–H groups in total. The lowest BCUT2D eigenvalue weighted by molar-refractivity contribution is 0.516. The van der Waals surface area contributed by atoms with Crippen molar-refractivity contribution in [3.63, 3.8) is 0 Å². The van der Waals surface area contributed by atoms with E-state index < -0.39 is 0 Å². The van der Waals surface area contributed by atoms with Crippen molar-refractivity contribution in [2.24, 2.45) is 5.73 Å².